The van der Waals surface area contributed by atoms with E-state index in [-0.39, 0.29) is 12.0 Å². The van der Waals surface area contributed by atoms with Crippen LogP contribution < -0.4 is 5.73 Å². The van der Waals surface area contributed by atoms with Crippen molar-refractivity contribution in [3.63, 3.8) is 0 Å². The molecule has 2 N–H and O–H groups in total. The highest BCUT2D eigenvalue weighted by molar-refractivity contribution is 7.99. The first-order valence-corrected chi connectivity index (χ1v) is 4.79. The lowest BCUT2D eigenvalue weighted by Crippen LogP contribution is -2.30. The zero-order valence-electron chi connectivity index (χ0n) is 6.58. The molecule has 0 aromatic heterocycles. The van der Waals surface area contributed by atoms with Gasteiger partial charge in [0.25, 0.3) is 0 Å². The maximum Gasteiger partial charge on any atom is 0.305 e. The molecule has 0 unspecified atom stereocenters. The number of nitrogens with two attached hydrogens (primary N) is 1. The maximum absolute atomic E-state index is 10.8. The van der Waals surface area contributed by atoms with Crippen molar-refractivity contribution in [2.24, 2.45) is 11.7 Å². The zero-order valence-corrected chi connectivity index (χ0v) is 7.39. The minimum atomic E-state index is -0.145. The SMILES string of the molecule is COC(=O)C[C@H]1CSC[C@@H]1N. The number of ether oxygens (including phenoxy) is 1. The third-order valence-electron chi connectivity index (χ3n) is 1.90. The number of esters is 1. The van der Waals surface area contributed by atoms with E-state index in [0.717, 1.165) is 11.5 Å². The van der Waals surface area contributed by atoms with Crippen molar-refractivity contribution < 1.29 is 9.53 Å². The predicted octanol–water partition coefficient (Wildman–Crippen LogP) is 0.240. The van der Waals surface area contributed by atoms with Crippen molar-refractivity contribution in [1.82, 2.24) is 0 Å². The highest BCUT2D eigenvalue weighted by Gasteiger charge is 2.26. The molecule has 1 aliphatic rings. The normalized spacial score (nSPS) is 30.4. The predicted molar refractivity (Wildman–Crippen MR) is 45.4 cm³/mol. The molecule has 1 rings (SSSR count). The Balaban J connectivity index is 2.30. The molecular formula is C7H13NO2S. The molecule has 1 fully saturated rings. The average Bonchev–Trinajstić information content (AvgIpc) is 2.37. The Morgan fingerprint density at radius 3 is 2.91 bits per heavy atom. The van der Waals surface area contributed by atoms with Crippen LogP contribution in [0.3, 0.4) is 0 Å². The minimum Gasteiger partial charge on any atom is -0.469 e. The molecule has 0 saturated carbocycles. The smallest absolute Gasteiger partial charge is 0.305 e. The Hall–Kier alpha value is -0.220. The monoisotopic (exact) mass is 175 g/mol. The van der Waals surface area contributed by atoms with Gasteiger partial charge >= 0.3 is 5.97 Å². The topological polar surface area (TPSA) is 52.3 Å². The Bertz CT molecular complexity index is 151. The van der Waals surface area contributed by atoms with Crippen LogP contribution in [-0.2, 0) is 9.53 Å². The van der Waals surface area contributed by atoms with E-state index in [1.807, 2.05) is 11.8 Å². The van der Waals surface area contributed by atoms with Crippen LogP contribution in [0, 0.1) is 5.92 Å². The fourth-order valence-electron chi connectivity index (χ4n) is 1.12. The van der Waals surface area contributed by atoms with Crippen LogP contribution >= 0.6 is 11.8 Å². The highest BCUT2D eigenvalue weighted by Crippen LogP contribution is 2.25. The lowest BCUT2D eigenvalue weighted by atomic mass is 10.0. The Kier molecular flexibility index (Phi) is 3.20. The summed E-state index contributed by atoms with van der Waals surface area (Å²) in [4.78, 5) is 10.8. The molecule has 2 atom stereocenters. The number of hydrogen-bond acceptors (Lipinski definition) is 4. The molecule has 0 aromatic rings. The van der Waals surface area contributed by atoms with Gasteiger partial charge in [-0.1, -0.05) is 0 Å². The van der Waals surface area contributed by atoms with Gasteiger partial charge in [0, 0.05) is 11.8 Å². The first-order chi connectivity index (χ1) is 5.24. The summed E-state index contributed by atoms with van der Waals surface area (Å²) in [5.74, 6) is 2.15. The summed E-state index contributed by atoms with van der Waals surface area (Å²) in [7, 11) is 1.41. The van der Waals surface area contributed by atoms with Gasteiger partial charge in [-0.05, 0) is 11.7 Å². The van der Waals surface area contributed by atoms with E-state index in [0.29, 0.717) is 12.3 Å². The molecule has 4 heteroatoms. The highest BCUT2D eigenvalue weighted by atomic mass is 32.2. The van der Waals surface area contributed by atoms with Crippen LogP contribution in [0.4, 0.5) is 0 Å². The zero-order chi connectivity index (χ0) is 8.27. The first kappa shape index (κ1) is 8.87. The van der Waals surface area contributed by atoms with E-state index in [2.05, 4.69) is 4.74 Å². The number of rotatable bonds is 2. The third kappa shape index (κ3) is 2.38. The molecule has 0 aromatic carbocycles. The summed E-state index contributed by atoms with van der Waals surface area (Å²) in [5.41, 5.74) is 5.75. The molecule has 64 valence electrons. The van der Waals surface area contributed by atoms with Gasteiger partial charge in [0.1, 0.15) is 0 Å². The summed E-state index contributed by atoms with van der Waals surface area (Å²) >= 11 is 1.81. The molecule has 11 heavy (non-hydrogen) atoms. The summed E-state index contributed by atoms with van der Waals surface area (Å²) in [6.45, 7) is 0. The van der Waals surface area contributed by atoms with Gasteiger partial charge in [-0.2, -0.15) is 11.8 Å². The number of methoxy groups -OCH3 is 1. The van der Waals surface area contributed by atoms with Gasteiger partial charge < -0.3 is 10.5 Å². The van der Waals surface area contributed by atoms with Gasteiger partial charge in [0.05, 0.1) is 13.5 Å². The van der Waals surface area contributed by atoms with Crippen molar-refractivity contribution in [3.8, 4) is 0 Å². The minimum absolute atomic E-state index is 0.145. The second-order valence-corrected chi connectivity index (χ2v) is 3.82. The molecule has 0 aliphatic carbocycles. The fourth-order valence-corrected chi connectivity index (χ4v) is 2.47. The van der Waals surface area contributed by atoms with E-state index in [1.54, 1.807) is 0 Å². The van der Waals surface area contributed by atoms with Crippen LogP contribution in [0.15, 0.2) is 0 Å². The van der Waals surface area contributed by atoms with Crippen LogP contribution in [0.1, 0.15) is 6.42 Å². The van der Waals surface area contributed by atoms with Gasteiger partial charge in [-0.25, -0.2) is 0 Å². The fraction of sp³-hybridized carbons (Fsp3) is 0.857. The van der Waals surface area contributed by atoms with Crippen molar-refractivity contribution in [1.29, 1.82) is 0 Å². The van der Waals surface area contributed by atoms with Crippen LogP contribution in [0.2, 0.25) is 0 Å². The van der Waals surface area contributed by atoms with Crippen LogP contribution in [-0.4, -0.2) is 30.6 Å². The number of hydrogen-bond donors (Lipinski definition) is 1. The van der Waals surface area contributed by atoms with Crippen LogP contribution in [0.5, 0.6) is 0 Å². The lowest BCUT2D eigenvalue weighted by Gasteiger charge is -2.11. The Morgan fingerprint density at radius 2 is 2.45 bits per heavy atom. The van der Waals surface area contributed by atoms with E-state index < -0.39 is 0 Å². The molecule has 1 heterocycles. The summed E-state index contributed by atoms with van der Waals surface area (Å²) in [6, 6.07) is 0.180. The van der Waals surface area contributed by atoms with Crippen LogP contribution in [0.25, 0.3) is 0 Å². The summed E-state index contributed by atoms with van der Waals surface area (Å²) < 4.78 is 4.56. The molecule has 3 nitrogen and oxygen atoms in total. The summed E-state index contributed by atoms with van der Waals surface area (Å²) in [6.07, 6.45) is 0.477. The molecule has 0 bridgehead atoms. The largest absolute Gasteiger partial charge is 0.469 e. The van der Waals surface area contributed by atoms with Gasteiger partial charge in [0.2, 0.25) is 0 Å². The van der Waals surface area contributed by atoms with E-state index in [1.165, 1.54) is 7.11 Å². The van der Waals surface area contributed by atoms with Gasteiger partial charge in [0.15, 0.2) is 0 Å². The number of carbonyl (C=O) groups excluding carboxylic acids is 1. The standard InChI is InChI=1S/C7H13NO2S/c1-10-7(9)2-5-3-11-4-6(5)8/h5-6H,2-4,8H2,1H3/t5-,6-/m0/s1. The maximum atomic E-state index is 10.8. The molecule has 0 radical (unpaired) electrons. The summed E-state index contributed by atoms with van der Waals surface area (Å²) in [5, 5.41) is 0. The first-order valence-electron chi connectivity index (χ1n) is 3.64. The molecule has 0 amide bonds. The number of thioether (sulfide) groups is 1. The van der Waals surface area contributed by atoms with E-state index in [9.17, 15) is 4.79 Å². The Labute approximate surface area is 70.7 Å². The van der Waals surface area contributed by atoms with E-state index >= 15 is 0 Å². The van der Waals surface area contributed by atoms with Gasteiger partial charge in [-0.15, -0.1) is 0 Å². The average molecular weight is 175 g/mol. The Morgan fingerprint density at radius 1 is 1.73 bits per heavy atom. The molecule has 1 aliphatic heterocycles. The van der Waals surface area contributed by atoms with Crippen molar-refractivity contribution >= 4 is 17.7 Å². The molecule has 0 spiro atoms. The molecule has 1 saturated heterocycles. The van der Waals surface area contributed by atoms with Crippen molar-refractivity contribution in [2.75, 3.05) is 18.6 Å². The second kappa shape index (κ2) is 3.97. The third-order valence-corrected chi connectivity index (χ3v) is 3.19. The quantitative estimate of drug-likeness (QED) is 0.611. The molecular weight excluding hydrogens is 162 g/mol. The van der Waals surface area contributed by atoms with Gasteiger partial charge in [-0.3, -0.25) is 4.79 Å². The lowest BCUT2D eigenvalue weighted by molar-refractivity contribution is -0.141. The van der Waals surface area contributed by atoms with Crippen molar-refractivity contribution in [3.05, 3.63) is 0 Å². The van der Waals surface area contributed by atoms with Crippen molar-refractivity contribution in [2.45, 2.75) is 12.5 Å². The second-order valence-electron chi connectivity index (χ2n) is 2.74. The van der Waals surface area contributed by atoms with E-state index in [4.69, 9.17) is 5.73 Å². The number of carbonyl (C=O) groups is 1.